The number of aromatic hydroxyl groups is 1. The van der Waals surface area contributed by atoms with E-state index in [1.54, 1.807) is 12.1 Å². The Morgan fingerprint density at radius 1 is 1.29 bits per heavy atom. The summed E-state index contributed by atoms with van der Waals surface area (Å²) in [7, 11) is 0. The normalized spacial score (nSPS) is 13.4. The fourth-order valence-electron chi connectivity index (χ4n) is 2.06. The summed E-state index contributed by atoms with van der Waals surface area (Å²) < 4.78 is 0. The van der Waals surface area contributed by atoms with E-state index in [0.717, 1.165) is 12.0 Å². The third-order valence-electron chi connectivity index (χ3n) is 3.28. The molecule has 5 N–H and O–H groups in total. The van der Waals surface area contributed by atoms with Gasteiger partial charge in [-0.2, -0.15) is 0 Å². The van der Waals surface area contributed by atoms with E-state index in [9.17, 15) is 19.8 Å². The first-order chi connectivity index (χ1) is 9.97. The molecule has 0 aromatic heterocycles. The first-order valence-electron chi connectivity index (χ1n) is 6.99. The van der Waals surface area contributed by atoms with Gasteiger partial charge in [0, 0.05) is 13.0 Å². The molecule has 1 rings (SSSR count). The number of hydrogen-bond donors (Lipinski definition) is 4. The van der Waals surface area contributed by atoms with Crippen LogP contribution in [0.3, 0.4) is 0 Å². The fraction of sp³-hybridized carbons (Fsp3) is 0.467. The van der Waals surface area contributed by atoms with Crippen molar-refractivity contribution < 1.29 is 19.8 Å². The fourth-order valence-corrected chi connectivity index (χ4v) is 2.06. The van der Waals surface area contributed by atoms with Crippen molar-refractivity contribution in [3.8, 4) is 5.75 Å². The molecule has 21 heavy (non-hydrogen) atoms. The lowest BCUT2D eigenvalue weighted by Crippen LogP contribution is -2.46. The molecule has 0 heterocycles. The third kappa shape index (κ3) is 5.43. The van der Waals surface area contributed by atoms with Crippen LogP contribution >= 0.6 is 0 Å². The van der Waals surface area contributed by atoms with Gasteiger partial charge < -0.3 is 21.3 Å². The number of benzene rings is 1. The van der Waals surface area contributed by atoms with Crippen LogP contribution in [-0.2, 0) is 16.0 Å². The van der Waals surface area contributed by atoms with E-state index in [4.69, 9.17) is 5.73 Å². The van der Waals surface area contributed by atoms with E-state index in [-0.39, 0.29) is 30.5 Å². The second-order valence-electron chi connectivity index (χ2n) is 4.99. The van der Waals surface area contributed by atoms with Crippen molar-refractivity contribution in [2.45, 2.75) is 32.2 Å². The van der Waals surface area contributed by atoms with E-state index in [0.29, 0.717) is 6.42 Å². The average Bonchev–Trinajstić information content (AvgIpc) is 2.45. The Kier molecular flexibility index (Phi) is 6.68. The predicted octanol–water partition coefficient (Wildman–Crippen LogP) is 0.879. The second kappa shape index (κ2) is 8.26. The number of carboxylic acids is 1. The van der Waals surface area contributed by atoms with Crippen molar-refractivity contribution in [1.29, 1.82) is 0 Å². The van der Waals surface area contributed by atoms with Gasteiger partial charge in [0.25, 0.3) is 0 Å². The number of rotatable bonds is 8. The lowest BCUT2D eigenvalue weighted by atomic mass is 10.0. The van der Waals surface area contributed by atoms with Gasteiger partial charge in [0.2, 0.25) is 5.91 Å². The van der Waals surface area contributed by atoms with E-state index >= 15 is 0 Å². The van der Waals surface area contributed by atoms with Crippen LogP contribution in [0, 0.1) is 5.92 Å². The van der Waals surface area contributed by atoms with Gasteiger partial charge in [-0.1, -0.05) is 25.5 Å². The molecule has 1 amide bonds. The summed E-state index contributed by atoms with van der Waals surface area (Å²) in [6.45, 7) is 2.15. The maximum atomic E-state index is 12.0. The largest absolute Gasteiger partial charge is 0.508 e. The molecule has 0 saturated carbocycles. The molecular weight excluding hydrogens is 272 g/mol. The Balaban J connectivity index is 2.71. The molecule has 0 fully saturated rings. The minimum absolute atomic E-state index is 0.112. The maximum absolute atomic E-state index is 12.0. The Hall–Kier alpha value is -2.08. The first kappa shape index (κ1) is 17.0. The molecule has 1 aromatic carbocycles. The standard InChI is InChI=1S/C15H22N2O4/c1-2-3-11(9-16)14(19)17-13(15(20)21)8-10-4-6-12(18)7-5-10/h4-7,11,13,18H,2-3,8-9,16H2,1H3,(H,17,19)(H,20,21)/t11?,13-/m0/s1. The van der Waals surface area contributed by atoms with Gasteiger partial charge in [-0.25, -0.2) is 4.79 Å². The third-order valence-corrected chi connectivity index (χ3v) is 3.28. The number of phenolic OH excluding ortho intramolecular Hbond substituents is 1. The second-order valence-corrected chi connectivity index (χ2v) is 4.99. The quantitative estimate of drug-likeness (QED) is 0.568. The molecule has 1 unspecified atom stereocenters. The summed E-state index contributed by atoms with van der Waals surface area (Å²) in [6.07, 6.45) is 1.60. The molecule has 2 atom stereocenters. The maximum Gasteiger partial charge on any atom is 0.326 e. The molecule has 6 heteroatoms. The number of nitrogens with two attached hydrogens (primary N) is 1. The molecule has 0 saturated heterocycles. The van der Waals surface area contributed by atoms with Crippen LogP contribution in [0.4, 0.5) is 0 Å². The van der Waals surface area contributed by atoms with Gasteiger partial charge in [0.1, 0.15) is 11.8 Å². The van der Waals surface area contributed by atoms with Crippen molar-refractivity contribution in [2.75, 3.05) is 6.54 Å². The Bertz CT molecular complexity index is 473. The van der Waals surface area contributed by atoms with Crippen molar-refractivity contribution in [3.63, 3.8) is 0 Å². The van der Waals surface area contributed by atoms with Crippen molar-refractivity contribution >= 4 is 11.9 Å². The lowest BCUT2D eigenvalue weighted by Gasteiger charge is -2.19. The van der Waals surface area contributed by atoms with Crippen molar-refractivity contribution in [1.82, 2.24) is 5.32 Å². The molecule has 0 radical (unpaired) electrons. The van der Waals surface area contributed by atoms with Gasteiger partial charge in [0.15, 0.2) is 0 Å². The summed E-state index contributed by atoms with van der Waals surface area (Å²) in [5.41, 5.74) is 6.27. The van der Waals surface area contributed by atoms with E-state index in [1.807, 2.05) is 6.92 Å². The number of aliphatic carboxylic acids is 1. The van der Waals surface area contributed by atoms with Crippen LogP contribution in [0.25, 0.3) is 0 Å². The number of amides is 1. The molecule has 1 aromatic rings. The minimum Gasteiger partial charge on any atom is -0.508 e. The predicted molar refractivity (Wildman–Crippen MR) is 78.8 cm³/mol. The zero-order valence-corrected chi connectivity index (χ0v) is 12.1. The number of hydrogen-bond acceptors (Lipinski definition) is 4. The molecule has 6 nitrogen and oxygen atoms in total. The van der Waals surface area contributed by atoms with Crippen molar-refractivity contribution in [3.05, 3.63) is 29.8 Å². The molecule has 0 bridgehead atoms. The van der Waals surface area contributed by atoms with Crippen LogP contribution in [0.1, 0.15) is 25.3 Å². The van der Waals surface area contributed by atoms with Crippen LogP contribution in [-0.4, -0.2) is 34.7 Å². The number of phenols is 1. The highest BCUT2D eigenvalue weighted by atomic mass is 16.4. The van der Waals surface area contributed by atoms with Gasteiger partial charge in [-0.3, -0.25) is 4.79 Å². The Morgan fingerprint density at radius 2 is 1.90 bits per heavy atom. The highest BCUT2D eigenvalue weighted by molar-refractivity contribution is 5.85. The van der Waals surface area contributed by atoms with Crippen LogP contribution in [0.2, 0.25) is 0 Å². The molecule has 0 spiro atoms. The number of carboxylic acid groups (broad SMARTS) is 1. The zero-order valence-electron chi connectivity index (χ0n) is 12.1. The smallest absolute Gasteiger partial charge is 0.326 e. The Morgan fingerprint density at radius 3 is 2.38 bits per heavy atom. The van der Waals surface area contributed by atoms with E-state index in [1.165, 1.54) is 12.1 Å². The summed E-state index contributed by atoms with van der Waals surface area (Å²) in [6, 6.07) is 5.22. The van der Waals surface area contributed by atoms with Crippen LogP contribution in [0.15, 0.2) is 24.3 Å². The topological polar surface area (TPSA) is 113 Å². The highest BCUT2D eigenvalue weighted by Crippen LogP contribution is 2.12. The summed E-state index contributed by atoms with van der Waals surface area (Å²) in [5.74, 6) is -1.67. The average molecular weight is 294 g/mol. The van der Waals surface area contributed by atoms with Gasteiger partial charge in [-0.15, -0.1) is 0 Å². The number of nitrogens with one attached hydrogen (secondary N) is 1. The molecule has 116 valence electrons. The van der Waals surface area contributed by atoms with Gasteiger partial charge >= 0.3 is 5.97 Å². The van der Waals surface area contributed by atoms with Gasteiger partial charge in [0.05, 0.1) is 5.92 Å². The number of carbonyl (C=O) groups is 2. The van der Waals surface area contributed by atoms with Crippen LogP contribution < -0.4 is 11.1 Å². The van der Waals surface area contributed by atoms with Crippen LogP contribution in [0.5, 0.6) is 5.75 Å². The van der Waals surface area contributed by atoms with E-state index in [2.05, 4.69) is 5.32 Å². The molecule has 0 aliphatic rings. The summed E-state index contributed by atoms with van der Waals surface area (Å²) in [4.78, 5) is 23.3. The van der Waals surface area contributed by atoms with E-state index < -0.39 is 12.0 Å². The highest BCUT2D eigenvalue weighted by Gasteiger charge is 2.24. The molecule has 0 aliphatic carbocycles. The minimum atomic E-state index is -1.09. The lowest BCUT2D eigenvalue weighted by molar-refractivity contribution is -0.142. The Labute approximate surface area is 124 Å². The van der Waals surface area contributed by atoms with Gasteiger partial charge in [-0.05, 0) is 24.1 Å². The zero-order chi connectivity index (χ0) is 15.8. The monoisotopic (exact) mass is 294 g/mol. The first-order valence-corrected chi connectivity index (χ1v) is 6.99. The SMILES string of the molecule is CCCC(CN)C(=O)N[C@@H](Cc1ccc(O)cc1)C(=O)O. The summed E-state index contributed by atoms with van der Waals surface area (Å²) in [5, 5.41) is 21.0. The van der Waals surface area contributed by atoms with Crippen molar-refractivity contribution in [2.24, 2.45) is 11.7 Å². The molecular formula is C15H22N2O4. The summed E-state index contributed by atoms with van der Waals surface area (Å²) >= 11 is 0. The molecule has 0 aliphatic heterocycles. The number of carbonyl (C=O) groups excluding carboxylic acids is 1.